The standard InChI is InChI=1S/C12H13N3O.H2O/c1-8-10(7-11(13)16)15-12(14-8)9-5-3-2-4-6-9;/h2-6H,7H2,1H3,(H2,13,16)(H,14,15);1H2. The Morgan fingerprint density at radius 3 is 2.59 bits per heavy atom. The number of aromatic nitrogens is 2. The number of benzene rings is 1. The van der Waals surface area contributed by atoms with Crippen LogP contribution in [0.25, 0.3) is 11.4 Å². The first-order valence-electron chi connectivity index (χ1n) is 5.06. The second-order valence-electron chi connectivity index (χ2n) is 3.67. The molecule has 1 heterocycles. The van der Waals surface area contributed by atoms with Crippen LogP contribution in [-0.2, 0) is 11.2 Å². The van der Waals surface area contributed by atoms with Crippen LogP contribution in [0.4, 0.5) is 0 Å². The number of H-pyrrole nitrogens is 1. The van der Waals surface area contributed by atoms with Gasteiger partial charge in [-0.15, -0.1) is 0 Å². The molecule has 1 aromatic heterocycles. The number of hydrogen-bond donors (Lipinski definition) is 2. The van der Waals surface area contributed by atoms with Gasteiger partial charge in [0, 0.05) is 11.3 Å². The van der Waals surface area contributed by atoms with E-state index in [2.05, 4.69) is 9.97 Å². The van der Waals surface area contributed by atoms with Gasteiger partial charge in [0.05, 0.1) is 12.1 Å². The highest BCUT2D eigenvalue weighted by atomic mass is 16.1. The minimum atomic E-state index is -0.366. The lowest BCUT2D eigenvalue weighted by atomic mass is 10.2. The minimum absolute atomic E-state index is 0. The molecule has 0 saturated carbocycles. The molecule has 0 unspecified atom stereocenters. The molecule has 0 bridgehead atoms. The van der Waals surface area contributed by atoms with Crippen LogP contribution in [0.5, 0.6) is 0 Å². The highest BCUT2D eigenvalue weighted by molar-refractivity contribution is 5.76. The fraction of sp³-hybridized carbons (Fsp3) is 0.167. The molecule has 2 aromatic rings. The molecule has 5 N–H and O–H groups in total. The summed E-state index contributed by atoms with van der Waals surface area (Å²) in [6, 6.07) is 9.77. The van der Waals surface area contributed by atoms with Crippen molar-refractivity contribution in [3.05, 3.63) is 41.7 Å². The highest BCUT2D eigenvalue weighted by Crippen LogP contribution is 2.17. The Labute approximate surface area is 99.0 Å². The van der Waals surface area contributed by atoms with Crippen molar-refractivity contribution in [1.82, 2.24) is 9.97 Å². The average molecular weight is 233 g/mol. The number of aromatic amines is 1. The van der Waals surface area contributed by atoms with E-state index in [1.54, 1.807) is 0 Å². The van der Waals surface area contributed by atoms with E-state index in [4.69, 9.17) is 5.73 Å². The first-order chi connectivity index (χ1) is 7.66. The SMILES string of the molecule is Cc1[nH]c(-c2ccccc2)nc1CC(N)=O.O. The third-order valence-electron chi connectivity index (χ3n) is 2.37. The van der Waals surface area contributed by atoms with Gasteiger partial charge < -0.3 is 16.2 Å². The van der Waals surface area contributed by atoms with Crippen molar-refractivity contribution < 1.29 is 10.3 Å². The maximum atomic E-state index is 10.8. The van der Waals surface area contributed by atoms with Crippen molar-refractivity contribution in [2.24, 2.45) is 5.73 Å². The summed E-state index contributed by atoms with van der Waals surface area (Å²) in [6.45, 7) is 1.89. The van der Waals surface area contributed by atoms with Gasteiger partial charge in [-0.2, -0.15) is 0 Å². The lowest BCUT2D eigenvalue weighted by molar-refractivity contribution is -0.117. The third kappa shape index (κ3) is 2.92. The van der Waals surface area contributed by atoms with Crippen LogP contribution < -0.4 is 5.73 Å². The summed E-state index contributed by atoms with van der Waals surface area (Å²) in [5.41, 5.74) is 7.75. The van der Waals surface area contributed by atoms with Gasteiger partial charge in [-0.05, 0) is 6.92 Å². The Balaban J connectivity index is 0.00000144. The summed E-state index contributed by atoms with van der Waals surface area (Å²) >= 11 is 0. The Bertz CT molecular complexity index is 506. The number of carbonyl (C=O) groups excluding carboxylic acids is 1. The summed E-state index contributed by atoms with van der Waals surface area (Å²) in [5, 5.41) is 0. The molecule has 0 radical (unpaired) electrons. The van der Waals surface area contributed by atoms with E-state index in [0.717, 1.165) is 17.1 Å². The van der Waals surface area contributed by atoms with Crippen molar-refractivity contribution in [2.75, 3.05) is 0 Å². The second kappa shape index (κ2) is 5.27. The van der Waals surface area contributed by atoms with Crippen LogP contribution in [0.15, 0.2) is 30.3 Å². The minimum Gasteiger partial charge on any atom is -0.412 e. The summed E-state index contributed by atoms with van der Waals surface area (Å²) in [4.78, 5) is 18.3. The number of nitrogens with zero attached hydrogens (tertiary/aromatic N) is 1. The molecule has 0 saturated heterocycles. The molecule has 0 atom stereocenters. The zero-order valence-corrected chi connectivity index (χ0v) is 9.53. The quantitative estimate of drug-likeness (QED) is 0.810. The molecule has 5 heteroatoms. The smallest absolute Gasteiger partial charge is 0.223 e. The van der Waals surface area contributed by atoms with Gasteiger partial charge in [-0.3, -0.25) is 4.79 Å². The summed E-state index contributed by atoms with van der Waals surface area (Å²) in [7, 11) is 0. The number of amides is 1. The highest BCUT2D eigenvalue weighted by Gasteiger charge is 2.09. The van der Waals surface area contributed by atoms with E-state index in [-0.39, 0.29) is 17.8 Å². The molecule has 0 aliphatic carbocycles. The Kier molecular flexibility index (Phi) is 4.01. The molecule has 90 valence electrons. The van der Waals surface area contributed by atoms with Gasteiger partial charge >= 0.3 is 0 Å². The topological polar surface area (TPSA) is 103 Å². The molecule has 0 aliphatic heterocycles. The molecule has 0 spiro atoms. The van der Waals surface area contributed by atoms with E-state index in [1.807, 2.05) is 37.3 Å². The molecule has 17 heavy (non-hydrogen) atoms. The largest absolute Gasteiger partial charge is 0.412 e. The van der Waals surface area contributed by atoms with Crippen molar-refractivity contribution in [3.63, 3.8) is 0 Å². The number of aryl methyl sites for hydroxylation is 1. The fourth-order valence-electron chi connectivity index (χ4n) is 1.57. The van der Waals surface area contributed by atoms with Gasteiger partial charge in [0.15, 0.2) is 0 Å². The molecule has 0 aliphatic rings. The maximum absolute atomic E-state index is 10.8. The molecule has 5 nitrogen and oxygen atoms in total. The summed E-state index contributed by atoms with van der Waals surface area (Å²) < 4.78 is 0. The lowest BCUT2D eigenvalue weighted by Gasteiger charge is -1.94. The molecule has 0 fully saturated rings. The number of imidazole rings is 1. The number of hydrogen-bond acceptors (Lipinski definition) is 2. The second-order valence-corrected chi connectivity index (χ2v) is 3.67. The molecule has 1 aromatic carbocycles. The van der Waals surface area contributed by atoms with Crippen molar-refractivity contribution in [2.45, 2.75) is 13.3 Å². The monoisotopic (exact) mass is 233 g/mol. The Morgan fingerprint density at radius 2 is 2.00 bits per heavy atom. The zero-order chi connectivity index (χ0) is 11.5. The van der Waals surface area contributed by atoms with E-state index in [9.17, 15) is 4.79 Å². The average Bonchev–Trinajstić information content (AvgIpc) is 2.61. The van der Waals surface area contributed by atoms with Gasteiger partial charge in [-0.25, -0.2) is 4.98 Å². The van der Waals surface area contributed by atoms with Crippen LogP contribution in [0, 0.1) is 6.92 Å². The predicted molar refractivity (Wildman–Crippen MR) is 65.3 cm³/mol. The fourth-order valence-corrected chi connectivity index (χ4v) is 1.57. The molecular formula is C12H15N3O2. The van der Waals surface area contributed by atoms with Crippen LogP contribution in [-0.4, -0.2) is 21.4 Å². The number of rotatable bonds is 3. The van der Waals surface area contributed by atoms with Gasteiger partial charge in [0.2, 0.25) is 5.91 Å². The van der Waals surface area contributed by atoms with Crippen molar-refractivity contribution in [1.29, 1.82) is 0 Å². The maximum Gasteiger partial charge on any atom is 0.223 e. The van der Waals surface area contributed by atoms with E-state index in [0.29, 0.717) is 5.69 Å². The van der Waals surface area contributed by atoms with Gasteiger partial charge in [0.1, 0.15) is 5.82 Å². The van der Waals surface area contributed by atoms with Crippen molar-refractivity contribution in [3.8, 4) is 11.4 Å². The van der Waals surface area contributed by atoms with Crippen LogP contribution in [0.1, 0.15) is 11.4 Å². The number of nitrogens with one attached hydrogen (secondary N) is 1. The van der Waals surface area contributed by atoms with Gasteiger partial charge in [-0.1, -0.05) is 30.3 Å². The first-order valence-corrected chi connectivity index (χ1v) is 5.06. The summed E-state index contributed by atoms with van der Waals surface area (Å²) in [6.07, 6.45) is 0.176. The number of primary amides is 1. The van der Waals surface area contributed by atoms with Crippen molar-refractivity contribution >= 4 is 5.91 Å². The molecule has 1 amide bonds. The summed E-state index contributed by atoms with van der Waals surface area (Å²) in [5.74, 6) is 0.406. The number of nitrogens with two attached hydrogens (primary N) is 1. The molecule has 2 rings (SSSR count). The van der Waals surface area contributed by atoms with E-state index in [1.165, 1.54) is 0 Å². The third-order valence-corrected chi connectivity index (χ3v) is 2.37. The van der Waals surface area contributed by atoms with Crippen LogP contribution in [0.3, 0.4) is 0 Å². The van der Waals surface area contributed by atoms with E-state index >= 15 is 0 Å². The van der Waals surface area contributed by atoms with Gasteiger partial charge in [0.25, 0.3) is 0 Å². The van der Waals surface area contributed by atoms with Crippen LogP contribution in [0.2, 0.25) is 0 Å². The Morgan fingerprint density at radius 1 is 1.35 bits per heavy atom. The normalized spacial score (nSPS) is 9.71. The lowest BCUT2D eigenvalue weighted by Crippen LogP contribution is -2.14. The zero-order valence-electron chi connectivity index (χ0n) is 9.53. The number of carbonyl (C=O) groups is 1. The first kappa shape index (κ1) is 12.9. The predicted octanol–water partition coefficient (Wildman–Crippen LogP) is 0.588. The Hall–Kier alpha value is -2.14. The van der Waals surface area contributed by atoms with Crippen LogP contribution >= 0.6 is 0 Å². The molecular weight excluding hydrogens is 218 g/mol. The van der Waals surface area contributed by atoms with E-state index < -0.39 is 0 Å².